The third-order valence-corrected chi connectivity index (χ3v) is 2.79. The number of hydrogen-bond acceptors (Lipinski definition) is 3. The number of hydrazine groups is 1. The Balaban J connectivity index is 2.59. The molecule has 0 aliphatic rings. The van der Waals surface area contributed by atoms with E-state index >= 15 is 0 Å². The molecule has 0 spiro atoms. The smallest absolute Gasteiger partial charge is 0.208 e. The van der Waals surface area contributed by atoms with Gasteiger partial charge < -0.3 is 9.64 Å². The van der Waals surface area contributed by atoms with Crippen LogP contribution in [-0.2, 0) is 11.3 Å². The van der Waals surface area contributed by atoms with E-state index in [2.05, 4.69) is 34.4 Å². The second-order valence-corrected chi connectivity index (χ2v) is 4.20. The van der Waals surface area contributed by atoms with Crippen molar-refractivity contribution in [2.75, 3.05) is 26.8 Å². The molecule has 0 saturated heterocycles. The maximum atomic E-state index is 5.56. The highest BCUT2D eigenvalue weighted by Gasteiger charge is 2.08. The summed E-state index contributed by atoms with van der Waals surface area (Å²) in [5.41, 5.74) is 3.93. The molecule has 3 N–H and O–H groups in total. The minimum Gasteiger partial charge on any atom is -0.385 e. The first-order valence-corrected chi connectivity index (χ1v) is 6.60. The van der Waals surface area contributed by atoms with Gasteiger partial charge in [-0.3, -0.25) is 10.4 Å². The van der Waals surface area contributed by atoms with Crippen LogP contribution in [-0.4, -0.2) is 37.7 Å². The maximum Gasteiger partial charge on any atom is 0.208 e. The quantitative estimate of drug-likeness (QED) is 0.257. The molecule has 0 atom stereocenters. The summed E-state index contributed by atoms with van der Waals surface area (Å²) in [5.74, 6) is 6.29. The summed E-state index contributed by atoms with van der Waals surface area (Å²) < 4.78 is 5.01. The van der Waals surface area contributed by atoms with Crippen LogP contribution in [0.4, 0.5) is 0 Å². The van der Waals surface area contributed by atoms with Crippen molar-refractivity contribution in [2.24, 2.45) is 10.8 Å². The first-order chi connectivity index (χ1) is 9.31. The lowest BCUT2D eigenvalue weighted by atomic mass is 10.2. The van der Waals surface area contributed by atoms with Crippen molar-refractivity contribution in [2.45, 2.75) is 19.9 Å². The highest BCUT2D eigenvalue weighted by Crippen LogP contribution is 2.04. The van der Waals surface area contributed by atoms with Crippen LogP contribution in [0.5, 0.6) is 0 Å². The van der Waals surface area contributed by atoms with Crippen molar-refractivity contribution in [3.8, 4) is 0 Å². The summed E-state index contributed by atoms with van der Waals surface area (Å²) in [6.45, 7) is 5.16. The largest absolute Gasteiger partial charge is 0.385 e. The number of ether oxygens (including phenoxy) is 1. The zero-order valence-corrected chi connectivity index (χ0v) is 11.8. The highest BCUT2D eigenvalue weighted by atomic mass is 16.5. The Kier molecular flexibility index (Phi) is 7.62. The maximum absolute atomic E-state index is 5.56. The van der Waals surface area contributed by atoms with E-state index in [1.54, 1.807) is 7.11 Å². The highest BCUT2D eigenvalue weighted by molar-refractivity contribution is 5.79. The Morgan fingerprint density at radius 3 is 2.68 bits per heavy atom. The van der Waals surface area contributed by atoms with Crippen molar-refractivity contribution in [1.82, 2.24) is 10.3 Å². The van der Waals surface area contributed by atoms with Gasteiger partial charge in [0, 0.05) is 33.4 Å². The van der Waals surface area contributed by atoms with E-state index in [9.17, 15) is 0 Å². The molecule has 0 amide bonds. The third-order valence-electron chi connectivity index (χ3n) is 2.79. The molecule has 0 aliphatic heterocycles. The van der Waals surface area contributed by atoms with Gasteiger partial charge in [-0.2, -0.15) is 0 Å². The molecule has 0 radical (unpaired) electrons. The predicted octanol–water partition coefficient (Wildman–Crippen LogP) is 1.36. The van der Waals surface area contributed by atoms with Crippen molar-refractivity contribution in [3.63, 3.8) is 0 Å². The Morgan fingerprint density at radius 1 is 1.37 bits per heavy atom. The van der Waals surface area contributed by atoms with E-state index in [-0.39, 0.29) is 0 Å². The lowest BCUT2D eigenvalue weighted by molar-refractivity contribution is 0.197. The predicted molar refractivity (Wildman–Crippen MR) is 78.6 cm³/mol. The number of rotatable bonds is 7. The molecule has 19 heavy (non-hydrogen) atoms. The van der Waals surface area contributed by atoms with Gasteiger partial charge in [0.15, 0.2) is 0 Å². The minimum atomic E-state index is 0.707. The van der Waals surface area contributed by atoms with Crippen LogP contribution in [0.25, 0.3) is 0 Å². The molecule has 106 valence electrons. The third kappa shape index (κ3) is 5.72. The minimum absolute atomic E-state index is 0.707. The number of benzene rings is 1. The van der Waals surface area contributed by atoms with E-state index < -0.39 is 0 Å². The van der Waals surface area contributed by atoms with E-state index in [1.807, 2.05) is 18.2 Å². The lowest BCUT2D eigenvalue weighted by Crippen LogP contribution is -2.44. The van der Waals surface area contributed by atoms with Gasteiger partial charge >= 0.3 is 0 Å². The summed E-state index contributed by atoms with van der Waals surface area (Å²) in [6, 6.07) is 10.3. The Bertz CT molecular complexity index is 367. The van der Waals surface area contributed by atoms with Gasteiger partial charge in [-0.15, -0.1) is 0 Å². The Morgan fingerprint density at radius 2 is 2.11 bits per heavy atom. The number of methoxy groups -OCH3 is 1. The number of guanidine groups is 1. The molecule has 0 heterocycles. The first-order valence-electron chi connectivity index (χ1n) is 6.60. The Hall–Kier alpha value is -1.59. The molecule has 0 saturated carbocycles. The molecule has 5 nitrogen and oxygen atoms in total. The van der Waals surface area contributed by atoms with Crippen LogP contribution in [0.1, 0.15) is 18.9 Å². The van der Waals surface area contributed by atoms with Crippen LogP contribution in [0, 0.1) is 0 Å². The van der Waals surface area contributed by atoms with Gasteiger partial charge in [0.25, 0.3) is 0 Å². The first kappa shape index (κ1) is 15.5. The van der Waals surface area contributed by atoms with Crippen molar-refractivity contribution in [1.29, 1.82) is 0 Å². The number of nitrogens with one attached hydrogen (secondary N) is 1. The monoisotopic (exact) mass is 264 g/mol. The van der Waals surface area contributed by atoms with Crippen molar-refractivity contribution >= 4 is 5.96 Å². The lowest BCUT2D eigenvalue weighted by Gasteiger charge is -2.24. The molecule has 1 aromatic rings. The number of hydrogen-bond donors (Lipinski definition) is 2. The van der Waals surface area contributed by atoms with Gasteiger partial charge in [0.2, 0.25) is 5.96 Å². The van der Waals surface area contributed by atoms with E-state index in [1.165, 1.54) is 5.56 Å². The average molecular weight is 264 g/mol. The molecular weight excluding hydrogens is 240 g/mol. The fraction of sp³-hybridized carbons (Fsp3) is 0.500. The second kappa shape index (κ2) is 9.35. The summed E-state index contributed by atoms with van der Waals surface area (Å²) in [4.78, 5) is 6.59. The number of nitrogens with two attached hydrogens (primary N) is 1. The van der Waals surface area contributed by atoms with Gasteiger partial charge in [0.1, 0.15) is 0 Å². The van der Waals surface area contributed by atoms with Crippen LogP contribution < -0.4 is 11.3 Å². The molecule has 0 bridgehead atoms. The summed E-state index contributed by atoms with van der Waals surface area (Å²) in [6.07, 6.45) is 0.893. The fourth-order valence-corrected chi connectivity index (χ4v) is 1.77. The molecule has 1 rings (SSSR count). The average Bonchev–Trinajstić information content (AvgIpc) is 2.46. The number of aliphatic imine (C=N–C) groups is 1. The van der Waals surface area contributed by atoms with Crippen LogP contribution in [0.2, 0.25) is 0 Å². The van der Waals surface area contributed by atoms with E-state index in [0.29, 0.717) is 13.2 Å². The summed E-state index contributed by atoms with van der Waals surface area (Å²) in [7, 11) is 1.69. The van der Waals surface area contributed by atoms with Crippen molar-refractivity contribution in [3.05, 3.63) is 35.9 Å². The summed E-state index contributed by atoms with van der Waals surface area (Å²) >= 11 is 0. The topological polar surface area (TPSA) is 62.9 Å². The number of nitrogens with zero attached hydrogens (tertiary/aromatic N) is 2. The molecule has 0 aliphatic carbocycles. The van der Waals surface area contributed by atoms with Gasteiger partial charge in [-0.25, -0.2) is 5.84 Å². The van der Waals surface area contributed by atoms with Gasteiger partial charge in [-0.1, -0.05) is 30.3 Å². The molecule has 0 unspecified atom stereocenters. The molecule has 1 aromatic carbocycles. The molecule has 5 heteroatoms. The van der Waals surface area contributed by atoms with Crippen LogP contribution >= 0.6 is 0 Å². The molecular formula is C14H24N4O. The Labute approximate surface area is 115 Å². The van der Waals surface area contributed by atoms with Crippen LogP contribution in [0.3, 0.4) is 0 Å². The zero-order chi connectivity index (χ0) is 13.9. The van der Waals surface area contributed by atoms with Crippen LogP contribution in [0.15, 0.2) is 35.3 Å². The fourth-order valence-electron chi connectivity index (χ4n) is 1.77. The van der Waals surface area contributed by atoms with Crippen molar-refractivity contribution < 1.29 is 4.74 Å². The van der Waals surface area contributed by atoms with E-state index in [4.69, 9.17) is 10.6 Å². The normalized spacial score (nSPS) is 11.4. The van der Waals surface area contributed by atoms with E-state index in [0.717, 1.165) is 25.5 Å². The second-order valence-electron chi connectivity index (χ2n) is 4.20. The molecule has 0 fully saturated rings. The van der Waals surface area contributed by atoms with Gasteiger partial charge in [-0.05, 0) is 18.9 Å². The SMILES string of the molecule is CCN(Cc1ccccc1)C(=NCCCOC)NN. The summed E-state index contributed by atoms with van der Waals surface area (Å²) in [5, 5.41) is 0. The van der Waals surface area contributed by atoms with Gasteiger partial charge in [0.05, 0.1) is 0 Å². The zero-order valence-electron chi connectivity index (χ0n) is 11.8. The molecule has 0 aromatic heterocycles. The standard InChI is InChI=1S/C14H24N4O/c1-3-18(12-13-8-5-4-6-9-13)14(17-15)16-10-7-11-19-2/h4-6,8-9H,3,7,10-12,15H2,1-2H3,(H,16,17).